The predicted octanol–water partition coefficient (Wildman–Crippen LogP) is 9.78. The van der Waals surface area contributed by atoms with Gasteiger partial charge < -0.3 is 24.0 Å². The smallest absolute Gasteiger partial charge is 0.351 e. The molecule has 0 aliphatic carbocycles. The third-order valence-electron chi connectivity index (χ3n) is 12.7. The van der Waals surface area contributed by atoms with Crippen molar-refractivity contribution in [1.29, 1.82) is 0 Å². The molecule has 9 nitrogen and oxygen atoms in total. The molecule has 2 amide bonds. The van der Waals surface area contributed by atoms with Crippen LogP contribution in [0.2, 0.25) is 0 Å². The predicted molar refractivity (Wildman–Crippen MR) is 249 cm³/mol. The van der Waals surface area contributed by atoms with Crippen LogP contribution < -0.4 is 9.47 Å². The number of ether oxygens (including phenoxy) is 3. The van der Waals surface area contributed by atoms with Gasteiger partial charge in [-0.1, -0.05) is 115 Å². The van der Waals surface area contributed by atoms with Crippen molar-refractivity contribution in [3.8, 4) is 11.5 Å². The first-order valence-electron chi connectivity index (χ1n) is 22.4. The fourth-order valence-electron chi connectivity index (χ4n) is 9.43. The molecular weight excluding hydrogens is 851 g/mol. The Morgan fingerprint density at radius 1 is 0.552 bits per heavy atom. The molecule has 2 heterocycles. The van der Waals surface area contributed by atoms with Gasteiger partial charge in [0.05, 0.1) is 18.5 Å². The lowest BCUT2D eigenvalue weighted by atomic mass is 9.87. The van der Waals surface area contributed by atoms with Gasteiger partial charge in [-0.15, -0.1) is 0 Å². The second kappa shape index (κ2) is 19.8. The third-order valence-corrected chi connectivity index (χ3v) is 12.7. The van der Waals surface area contributed by atoms with E-state index in [1.165, 1.54) is 36.4 Å². The summed E-state index contributed by atoms with van der Waals surface area (Å²) in [5.41, 5.74) is 7.30. The summed E-state index contributed by atoms with van der Waals surface area (Å²) in [5.74, 6) is -3.19. The monoisotopic (exact) mass is 898 g/mol. The standard InChI is InChI=1S/C56H48F2N2O7/c1-36-10-2-3-11-38(36)20-25-51(61)59-28-26-40-13-6-8-16-45(40)55(59)47-32-43(57)21-23-49(47)65-34-53(63)67-54(64)35-66-50-24-22-44(58)33-48(50)56-46-17-9-7-14-41(46)27-29-60(56)52(62)31-37-18-19-39-12-4-5-15-42(39)30-37/h2-19,21-24,30,32-33,55-56H,20,25-29,31,34-35H2,1H3. The van der Waals surface area contributed by atoms with E-state index in [1.807, 2.05) is 122 Å². The van der Waals surface area contributed by atoms with Gasteiger partial charge in [0.25, 0.3) is 0 Å². The number of aryl methyl sites for hydroxylation is 2. The molecule has 0 fully saturated rings. The fraction of sp³-hybridized carbons (Fsp3) is 0.214. The van der Waals surface area contributed by atoms with E-state index in [4.69, 9.17) is 14.2 Å². The summed E-state index contributed by atoms with van der Waals surface area (Å²) in [4.78, 5) is 58.0. The summed E-state index contributed by atoms with van der Waals surface area (Å²) in [6.45, 7) is 1.33. The van der Waals surface area contributed by atoms with Crippen LogP contribution in [0.25, 0.3) is 10.8 Å². The highest BCUT2D eigenvalue weighted by atomic mass is 19.1. The molecule has 2 aliphatic heterocycles. The highest BCUT2D eigenvalue weighted by Gasteiger charge is 2.36. The van der Waals surface area contributed by atoms with Gasteiger partial charge in [0.15, 0.2) is 13.2 Å². The number of hydrogen-bond acceptors (Lipinski definition) is 7. The number of carbonyl (C=O) groups is 4. The van der Waals surface area contributed by atoms with Crippen LogP contribution in [0.1, 0.15) is 68.6 Å². The molecule has 0 radical (unpaired) electrons. The van der Waals surface area contributed by atoms with E-state index < -0.39 is 48.9 Å². The average molecular weight is 899 g/mol. The number of carbonyl (C=O) groups excluding carboxylic acids is 4. The number of hydrogen-bond donors (Lipinski definition) is 0. The summed E-state index contributed by atoms with van der Waals surface area (Å²) < 4.78 is 47.3. The third kappa shape index (κ3) is 9.96. The summed E-state index contributed by atoms with van der Waals surface area (Å²) in [5, 5.41) is 2.08. The van der Waals surface area contributed by atoms with Crippen molar-refractivity contribution in [2.45, 2.75) is 51.1 Å². The van der Waals surface area contributed by atoms with Crippen LogP contribution in [0.4, 0.5) is 8.78 Å². The number of esters is 2. The molecule has 0 saturated heterocycles. The van der Waals surface area contributed by atoms with Crippen LogP contribution in [0.5, 0.6) is 11.5 Å². The van der Waals surface area contributed by atoms with Gasteiger partial charge in [-0.05, 0) is 112 Å². The lowest BCUT2D eigenvalue weighted by Gasteiger charge is -2.38. The fourth-order valence-corrected chi connectivity index (χ4v) is 9.43. The van der Waals surface area contributed by atoms with Crippen molar-refractivity contribution in [2.75, 3.05) is 26.3 Å². The molecule has 0 bridgehead atoms. The van der Waals surface area contributed by atoms with Crippen LogP contribution in [-0.4, -0.2) is 59.9 Å². The molecule has 9 rings (SSSR count). The van der Waals surface area contributed by atoms with Gasteiger partial charge in [0.1, 0.15) is 23.1 Å². The van der Waals surface area contributed by atoms with Crippen molar-refractivity contribution in [2.24, 2.45) is 0 Å². The number of benzene rings is 7. The van der Waals surface area contributed by atoms with E-state index in [1.54, 1.807) is 9.80 Å². The number of nitrogens with zero attached hydrogens (tertiary/aromatic N) is 2. The Hall–Kier alpha value is -7.66. The highest BCUT2D eigenvalue weighted by Crippen LogP contribution is 2.42. The Morgan fingerprint density at radius 3 is 1.67 bits per heavy atom. The Balaban J connectivity index is 0.890. The molecule has 2 atom stereocenters. The van der Waals surface area contributed by atoms with E-state index in [0.29, 0.717) is 43.5 Å². The molecule has 11 heteroatoms. The first kappa shape index (κ1) is 44.5. The van der Waals surface area contributed by atoms with E-state index in [0.717, 1.165) is 49.7 Å². The van der Waals surface area contributed by atoms with Gasteiger partial charge in [-0.2, -0.15) is 0 Å². The molecule has 338 valence electrons. The van der Waals surface area contributed by atoms with Crippen molar-refractivity contribution in [3.63, 3.8) is 0 Å². The molecule has 7 aromatic rings. The second-order valence-electron chi connectivity index (χ2n) is 16.9. The quantitative estimate of drug-likeness (QED) is 0.0839. The zero-order chi connectivity index (χ0) is 46.4. The normalized spacial score (nSPS) is 15.3. The number of amides is 2. The number of halogens is 2. The van der Waals surface area contributed by atoms with E-state index in [9.17, 15) is 19.2 Å². The van der Waals surface area contributed by atoms with Crippen LogP contribution in [0.15, 0.2) is 152 Å². The van der Waals surface area contributed by atoms with Crippen molar-refractivity contribution in [3.05, 3.63) is 213 Å². The Kier molecular flexibility index (Phi) is 13.2. The van der Waals surface area contributed by atoms with Crippen molar-refractivity contribution >= 4 is 34.5 Å². The van der Waals surface area contributed by atoms with Gasteiger partial charge in [0.2, 0.25) is 11.8 Å². The molecule has 67 heavy (non-hydrogen) atoms. The Bertz CT molecular complexity index is 3010. The minimum Gasteiger partial charge on any atom is -0.482 e. The van der Waals surface area contributed by atoms with E-state index in [2.05, 4.69) is 0 Å². The Labute approximate surface area is 387 Å². The SMILES string of the molecule is Cc1ccccc1CCC(=O)N1CCc2ccccc2C1c1cc(F)ccc1OCC(=O)OC(=O)COc1ccc(F)cc1C1c2ccccc2CCN1C(=O)Cc1ccc2ccccc2c1. The Morgan fingerprint density at radius 2 is 1.07 bits per heavy atom. The number of fused-ring (bicyclic) bond motifs is 3. The first-order chi connectivity index (χ1) is 32.6. The summed E-state index contributed by atoms with van der Waals surface area (Å²) in [6.07, 6.45) is 2.09. The first-order valence-corrected chi connectivity index (χ1v) is 22.4. The lowest BCUT2D eigenvalue weighted by molar-refractivity contribution is -0.162. The minimum absolute atomic E-state index is 0.111. The minimum atomic E-state index is -1.04. The largest absolute Gasteiger partial charge is 0.482 e. The zero-order valence-corrected chi connectivity index (χ0v) is 37.0. The van der Waals surface area contributed by atoms with Crippen molar-refractivity contribution < 1.29 is 42.2 Å². The van der Waals surface area contributed by atoms with Crippen LogP contribution in [0.3, 0.4) is 0 Å². The van der Waals surface area contributed by atoms with E-state index >= 15 is 8.78 Å². The second-order valence-corrected chi connectivity index (χ2v) is 16.9. The maximum Gasteiger partial charge on any atom is 0.351 e. The van der Waals surface area contributed by atoms with Gasteiger partial charge in [-0.25, -0.2) is 18.4 Å². The van der Waals surface area contributed by atoms with Crippen LogP contribution >= 0.6 is 0 Å². The van der Waals surface area contributed by atoms with Crippen molar-refractivity contribution in [1.82, 2.24) is 9.80 Å². The molecule has 0 N–H and O–H groups in total. The average Bonchev–Trinajstić information content (AvgIpc) is 3.34. The molecule has 0 spiro atoms. The molecule has 0 aromatic heterocycles. The molecular formula is C56H48F2N2O7. The maximum absolute atomic E-state index is 15.2. The molecule has 0 saturated carbocycles. The summed E-state index contributed by atoms with van der Waals surface area (Å²) >= 11 is 0. The lowest BCUT2D eigenvalue weighted by Crippen LogP contribution is -2.41. The summed E-state index contributed by atoms with van der Waals surface area (Å²) in [6, 6.07) is 43.4. The summed E-state index contributed by atoms with van der Waals surface area (Å²) in [7, 11) is 0. The molecule has 7 aromatic carbocycles. The van der Waals surface area contributed by atoms with Crippen LogP contribution in [0, 0.1) is 18.6 Å². The van der Waals surface area contributed by atoms with E-state index in [-0.39, 0.29) is 36.2 Å². The van der Waals surface area contributed by atoms with Crippen LogP contribution in [-0.2, 0) is 49.6 Å². The topological polar surface area (TPSA) is 102 Å². The van der Waals surface area contributed by atoms with Gasteiger partial charge in [-0.3, -0.25) is 9.59 Å². The zero-order valence-electron chi connectivity index (χ0n) is 37.0. The molecule has 2 aliphatic rings. The van der Waals surface area contributed by atoms with Gasteiger partial charge >= 0.3 is 11.9 Å². The maximum atomic E-state index is 15.2. The van der Waals surface area contributed by atoms with Gasteiger partial charge in [0, 0.05) is 30.6 Å². The number of rotatable bonds is 13. The molecule has 2 unspecified atom stereocenters. The highest BCUT2D eigenvalue weighted by molar-refractivity contribution is 5.87.